The van der Waals surface area contributed by atoms with Gasteiger partial charge in [-0.3, -0.25) is 9.78 Å². The molecule has 0 unspecified atom stereocenters. The molecule has 0 atom stereocenters. The molecule has 5 rings (SSSR count). The molecule has 0 spiro atoms. The van der Waals surface area contributed by atoms with Gasteiger partial charge in [-0.2, -0.15) is 0 Å². The normalized spacial score (nSPS) is 15.4. The van der Waals surface area contributed by atoms with Crippen molar-refractivity contribution in [1.29, 1.82) is 0 Å². The van der Waals surface area contributed by atoms with Crippen LogP contribution in [0, 0.1) is 0 Å². The van der Waals surface area contributed by atoms with E-state index in [0.29, 0.717) is 38.2 Å². The second-order valence-corrected chi connectivity index (χ2v) is 7.18. The van der Waals surface area contributed by atoms with Gasteiger partial charge in [-0.15, -0.1) is 0 Å². The molecule has 1 aromatic carbocycles. The second-order valence-electron chi connectivity index (χ2n) is 7.18. The Morgan fingerprint density at radius 1 is 1.00 bits per heavy atom. The number of hydrogen-bond acceptors (Lipinski definition) is 8. The molecule has 2 N–H and O–H groups in total. The number of anilines is 3. The number of aromatic amines is 1. The van der Waals surface area contributed by atoms with E-state index in [4.69, 9.17) is 19.4 Å². The van der Waals surface area contributed by atoms with E-state index in [1.165, 1.54) is 12.3 Å². The molecule has 1 saturated heterocycles. The molecule has 2 aliphatic rings. The zero-order valence-electron chi connectivity index (χ0n) is 18.4. The summed E-state index contributed by atoms with van der Waals surface area (Å²) in [6.07, 6.45) is 2.25. The van der Waals surface area contributed by atoms with E-state index in [2.05, 4.69) is 20.2 Å². The maximum Gasteiger partial charge on any atom is 0.252 e. The van der Waals surface area contributed by atoms with Crippen molar-refractivity contribution in [3.05, 3.63) is 58.1 Å². The molecule has 0 radical (unpaired) electrons. The molecule has 2 aliphatic heterocycles. The topological polar surface area (TPSA) is 105 Å². The number of aromatic nitrogens is 4. The number of H-pyrrole nitrogens is 1. The highest BCUT2D eigenvalue weighted by Crippen LogP contribution is 2.29. The van der Waals surface area contributed by atoms with Crippen LogP contribution in [0.3, 0.4) is 0 Å². The summed E-state index contributed by atoms with van der Waals surface area (Å²) < 4.78 is 11.2. The Hall–Kier alpha value is -3.30. The van der Waals surface area contributed by atoms with Crippen LogP contribution in [0.5, 0.6) is 0 Å². The number of hydrogen-bond donors (Lipinski definition) is 2. The monoisotopic (exact) mass is 436 g/mol. The van der Waals surface area contributed by atoms with Crippen molar-refractivity contribution in [2.24, 2.45) is 0 Å². The van der Waals surface area contributed by atoms with Gasteiger partial charge in [-0.05, 0) is 24.3 Å². The SMILES string of the molecule is CC.O=c1ccnc(Nc2ccc(-c3nc4c(c(N5CCOCC5)n3)COCC4)cc2)[nH]1. The van der Waals surface area contributed by atoms with Gasteiger partial charge in [-0.25, -0.2) is 15.0 Å². The number of benzene rings is 1. The minimum absolute atomic E-state index is 0.203. The lowest BCUT2D eigenvalue weighted by atomic mass is 10.1. The van der Waals surface area contributed by atoms with Crippen molar-refractivity contribution in [3.8, 4) is 11.4 Å². The Balaban J connectivity index is 0.00000119. The highest BCUT2D eigenvalue weighted by molar-refractivity contribution is 5.65. The van der Waals surface area contributed by atoms with Crippen LogP contribution in [0.15, 0.2) is 41.3 Å². The van der Waals surface area contributed by atoms with E-state index < -0.39 is 0 Å². The van der Waals surface area contributed by atoms with Crippen LogP contribution in [0.4, 0.5) is 17.5 Å². The first-order valence-corrected chi connectivity index (χ1v) is 11.0. The molecule has 0 aliphatic carbocycles. The first-order chi connectivity index (χ1) is 15.8. The molecule has 0 saturated carbocycles. The van der Waals surface area contributed by atoms with Gasteiger partial charge in [0.15, 0.2) is 5.82 Å². The Labute approximate surface area is 186 Å². The predicted octanol–water partition coefficient (Wildman–Crippen LogP) is 2.91. The first-order valence-electron chi connectivity index (χ1n) is 11.0. The molecule has 9 nitrogen and oxygen atoms in total. The van der Waals surface area contributed by atoms with Crippen molar-refractivity contribution >= 4 is 17.5 Å². The van der Waals surface area contributed by atoms with Gasteiger partial charge in [0.05, 0.1) is 32.1 Å². The maximum atomic E-state index is 11.4. The van der Waals surface area contributed by atoms with E-state index in [1.54, 1.807) is 0 Å². The number of ether oxygens (including phenoxy) is 2. The average molecular weight is 437 g/mol. The lowest BCUT2D eigenvalue weighted by molar-refractivity contribution is 0.107. The largest absolute Gasteiger partial charge is 0.378 e. The van der Waals surface area contributed by atoms with Crippen molar-refractivity contribution in [2.45, 2.75) is 26.9 Å². The fourth-order valence-corrected chi connectivity index (χ4v) is 3.65. The third-order valence-corrected chi connectivity index (χ3v) is 5.19. The van der Waals surface area contributed by atoms with Crippen LogP contribution in [-0.2, 0) is 22.5 Å². The Kier molecular flexibility index (Phi) is 7.08. The fraction of sp³-hybridized carbons (Fsp3) is 0.391. The molecule has 1 fully saturated rings. The molecule has 0 bridgehead atoms. The first kappa shape index (κ1) is 21.9. The van der Waals surface area contributed by atoms with Gasteiger partial charge in [0, 0.05) is 48.6 Å². The molecular formula is C23H28N6O3. The molecule has 0 amide bonds. The second kappa shape index (κ2) is 10.3. The summed E-state index contributed by atoms with van der Waals surface area (Å²) in [6.45, 7) is 8.25. The lowest BCUT2D eigenvalue weighted by Crippen LogP contribution is -2.38. The summed E-state index contributed by atoms with van der Waals surface area (Å²) in [7, 11) is 0. The van der Waals surface area contributed by atoms with Crippen molar-refractivity contribution in [3.63, 3.8) is 0 Å². The van der Waals surface area contributed by atoms with Gasteiger partial charge in [0.1, 0.15) is 5.82 Å². The molecule has 4 heterocycles. The van der Waals surface area contributed by atoms with Crippen LogP contribution >= 0.6 is 0 Å². The maximum absolute atomic E-state index is 11.4. The van der Waals surface area contributed by atoms with E-state index in [1.807, 2.05) is 38.1 Å². The standard InChI is InChI=1S/C21H22N6O3.C2H6/c28-18-5-7-22-21(25-18)23-15-3-1-14(2-4-15)19-24-17-6-10-30-13-16(17)20(26-19)27-8-11-29-12-9-27;1-2/h1-5,7H,6,8-13H2,(H2,22,23,25,28);1-2H3. The zero-order chi connectivity index (χ0) is 22.3. The van der Waals surface area contributed by atoms with Gasteiger partial charge < -0.3 is 19.7 Å². The van der Waals surface area contributed by atoms with E-state index in [0.717, 1.165) is 47.8 Å². The Morgan fingerprint density at radius 3 is 2.53 bits per heavy atom. The predicted molar refractivity (Wildman–Crippen MR) is 123 cm³/mol. The number of rotatable bonds is 4. The summed E-state index contributed by atoms with van der Waals surface area (Å²) in [5.74, 6) is 2.05. The number of morpholine rings is 1. The van der Waals surface area contributed by atoms with Crippen LogP contribution < -0.4 is 15.8 Å². The Morgan fingerprint density at radius 2 is 1.78 bits per heavy atom. The molecule has 168 valence electrons. The zero-order valence-corrected chi connectivity index (χ0v) is 18.4. The van der Waals surface area contributed by atoms with E-state index >= 15 is 0 Å². The van der Waals surface area contributed by atoms with Crippen molar-refractivity contribution in [1.82, 2.24) is 19.9 Å². The summed E-state index contributed by atoms with van der Waals surface area (Å²) >= 11 is 0. The fourth-order valence-electron chi connectivity index (χ4n) is 3.65. The molecule has 9 heteroatoms. The number of fused-ring (bicyclic) bond motifs is 1. The number of nitrogens with one attached hydrogen (secondary N) is 2. The van der Waals surface area contributed by atoms with Crippen molar-refractivity contribution in [2.75, 3.05) is 43.1 Å². The van der Waals surface area contributed by atoms with Crippen LogP contribution in [0.1, 0.15) is 25.1 Å². The Bertz CT molecular complexity index is 1090. The van der Waals surface area contributed by atoms with Gasteiger partial charge >= 0.3 is 0 Å². The van der Waals surface area contributed by atoms with Gasteiger partial charge in [0.2, 0.25) is 5.95 Å². The van der Waals surface area contributed by atoms with Crippen molar-refractivity contribution < 1.29 is 9.47 Å². The molecule has 32 heavy (non-hydrogen) atoms. The lowest BCUT2D eigenvalue weighted by Gasteiger charge is -2.31. The third-order valence-electron chi connectivity index (χ3n) is 5.19. The summed E-state index contributed by atoms with van der Waals surface area (Å²) in [5, 5.41) is 3.09. The van der Waals surface area contributed by atoms with Gasteiger partial charge in [-0.1, -0.05) is 13.8 Å². The highest BCUT2D eigenvalue weighted by atomic mass is 16.5. The summed E-state index contributed by atoms with van der Waals surface area (Å²) in [6, 6.07) is 9.14. The smallest absolute Gasteiger partial charge is 0.252 e. The highest BCUT2D eigenvalue weighted by Gasteiger charge is 2.24. The van der Waals surface area contributed by atoms with E-state index in [9.17, 15) is 4.79 Å². The van der Waals surface area contributed by atoms with Gasteiger partial charge in [0.25, 0.3) is 5.56 Å². The molecule has 2 aromatic heterocycles. The minimum atomic E-state index is -0.203. The van der Waals surface area contributed by atoms with Crippen LogP contribution in [0.25, 0.3) is 11.4 Å². The van der Waals surface area contributed by atoms with Crippen LogP contribution in [-0.4, -0.2) is 52.8 Å². The summed E-state index contributed by atoms with van der Waals surface area (Å²) in [5.41, 5.74) is 3.68. The molecular weight excluding hydrogens is 408 g/mol. The van der Waals surface area contributed by atoms with Crippen LogP contribution in [0.2, 0.25) is 0 Å². The minimum Gasteiger partial charge on any atom is -0.378 e. The van der Waals surface area contributed by atoms with E-state index in [-0.39, 0.29) is 5.56 Å². The molecule has 3 aromatic rings. The number of nitrogens with zero attached hydrogens (tertiary/aromatic N) is 4. The summed E-state index contributed by atoms with van der Waals surface area (Å²) in [4.78, 5) is 30.2. The average Bonchev–Trinajstić information content (AvgIpc) is 2.86. The quantitative estimate of drug-likeness (QED) is 0.643. The third kappa shape index (κ3) is 4.95.